The van der Waals surface area contributed by atoms with Crippen LogP contribution < -0.4 is 4.90 Å². The number of amides is 3. The van der Waals surface area contributed by atoms with E-state index in [-0.39, 0.29) is 23.8 Å². The predicted octanol–water partition coefficient (Wildman–Crippen LogP) is 4.80. The number of fused-ring (bicyclic) bond motifs is 1. The van der Waals surface area contributed by atoms with Crippen molar-refractivity contribution in [2.45, 2.75) is 6.54 Å². The molecule has 0 aliphatic carbocycles. The molecular formula is C19H12Cl3N3O4. The minimum Gasteiger partial charge on any atom is -0.477 e. The first-order valence-electron chi connectivity index (χ1n) is 8.36. The SMILES string of the molecule is O=C(O)c1[nH]c2cc(Cl)cc(Cl)c2c1CN1CC(=O)N(c2cccc(Cl)c2)C1=O. The number of carbonyl (C=O) groups excluding carboxylic acids is 2. The fourth-order valence-electron chi connectivity index (χ4n) is 3.39. The van der Waals surface area contributed by atoms with Crippen LogP contribution in [0, 0.1) is 0 Å². The molecule has 148 valence electrons. The van der Waals surface area contributed by atoms with Crippen molar-refractivity contribution in [2.24, 2.45) is 0 Å². The van der Waals surface area contributed by atoms with Gasteiger partial charge in [-0.05, 0) is 30.3 Å². The third kappa shape index (κ3) is 3.42. The number of hydrogen-bond donors (Lipinski definition) is 2. The van der Waals surface area contributed by atoms with Gasteiger partial charge in [-0.1, -0.05) is 40.9 Å². The number of carbonyl (C=O) groups is 3. The molecule has 1 fully saturated rings. The van der Waals surface area contributed by atoms with Gasteiger partial charge in [-0.2, -0.15) is 0 Å². The number of imide groups is 1. The van der Waals surface area contributed by atoms with Gasteiger partial charge in [0.1, 0.15) is 12.2 Å². The Hall–Kier alpha value is -2.74. The summed E-state index contributed by atoms with van der Waals surface area (Å²) in [5, 5.41) is 11.0. The Morgan fingerprint density at radius 3 is 2.55 bits per heavy atom. The van der Waals surface area contributed by atoms with Crippen molar-refractivity contribution >= 4 is 69.3 Å². The van der Waals surface area contributed by atoms with Gasteiger partial charge < -0.3 is 15.0 Å². The van der Waals surface area contributed by atoms with Gasteiger partial charge in [0.2, 0.25) is 0 Å². The number of nitrogens with one attached hydrogen (secondary N) is 1. The molecule has 29 heavy (non-hydrogen) atoms. The van der Waals surface area contributed by atoms with Gasteiger partial charge in [0.25, 0.3) is 5.91 Å². The van der Waals surface area contributed by atoms with Gasteiger partial charge in [0.15, 0.2) is 0 Å². The molecule has 1 aromatic heterocycles. The smallest absolute Gasteiger partial charge is 0.352 e. The van der Waals surface area contributed by atoms with Gasteiger partial charge in [-0.3, -0.25) is 4.79 Å². The minimum absolute atomic E-state index is 0.120. The Bertz CT molecular complexity index is 1190. The van der Waals surface area contributed by atoms with Crippen molar-refractivity contribution in [1.29, 1.82) is 0 Å². The summed E-state index contributed by atoms with van der Waals surface area (Å²) in [7, 11) is 0. The zero-order valence-corrected chi connectivity index (χ0v) is 16.8. The summed E-state index contributed by atoms with van der Waals surface area (Å²) < 4.78 is 0. The molecule has 1 aliphatic rings. The maximum Gasteiger partial charge on any atom is 0.352 e. The third-order valence-corrected chi connectivity index (χ3v) is 5.34. The maximum atomic E-state index is 12.9. The van der Waals surface area contributed by atoms with Gasteiger partial charge in [-0.25, -0.2) is 14.5 Å². The summed E-state index contributed by atoms with van der Waals surface area (Å²) in [6.45, 7) is -0.326. The van der Waals surface area contributed by atoms with Crippen molar-refractivity contribution < 1.29 is 19.5 Å². The van der Waals surface area contributed by atoms with Crippen LogP contribution in [0.15, 0.2) is 36.4 Å². The zero-order valence-electron chi connectivity index (χ0n) is 14.6. The van der Waals surface area contributed by atoms with Crippen LogP contribution in [-0.2, 0) is 11.3 Å². The summed E-state index contributed by atoms with van der Waals surface area (Å²) in [6, 6.07) is 8.83. The van der Waals surface area contributed by atoms with E-state index in [4.69, 9.17) is 34.8 Å². The lowest BCUT2D eigenvalue weighted by molar-refractivity contribution is -0.116. The molecule has 2 heterocycles. The van der Waals surface area contributed by atoms with Crippen molar-refractivity contribution in [3.8, 4) is 0 Å². The van der Waals surface area contributed by atoms with Crippen molar-refractivity contribution in [1.82, 2.24) is 9.88 Å². The van der Waals surface area contributed by atoms with Crippen LogP contribution in [0.4, 0.5) is 10.5 Å². The maximum absolute atomic E-state index is 12.9. The Balaban J connectivity index is 1.74. The number of urea groups is 1. The third-order valence-electron chi connectivity index (χ3n) is 4.58. The highest BCUT2D eigenvalue weighted by molar-refractivity contribution is 6.39. The number of halogens is 3. The number of carboxylic acids is 1. The first-order valence-corrected chi connectivity index (χ1v) is 9.50. The number of H-pyrrole nitrogens is 1. The number of anilines is 1. The Labute approximate surface area is 179 Å². The van der Waals surface area contributed by atoms with E-state index in [1.54, 1.807) is 24.3 Å². The molecule has 2 aromatic carbocycles. The molecule has 1 saturated heterocycles. The zero-order chi connectivity index (χ0) is 20.9. The molecular weight excluding hydrogens is 441 g/mol. The van der Waals surface area contributed by atoms with E-state index in [0.29, 0.717) is 32.2 Å². The molecule has 0 radical (unpaired) electrons. The number of aromatic carboxylic acids is 1. The minimum atomic E-state index is -1.21. The average Bonchev–Trinajstić information content (AvgIpc) is 3.13. The second-order valence-electron chi connectivity index (χ2n) is 6.44. The Kier molecular flexibility index (Phi) is 4.90. The van der Waals surface area contributed by atoms with Crippen molar-refractivity contribution in [3.63, 3.8) is 0 Å². The highest BCUT2D eigenvalue weighted by atomic mass is 35.5. The predicted molar refractivity (Wildman–Crippen MR) is 110 cm³/mol. The van der Waals surface area contributed by atoms with Gasteiger partial charge in [0.05, 0.1) is 17.3 Å². The Morgan fingerprint density at radius 2 is 1.86 bits per heavy atom. The lowest BCUT2D eigenvalue weighted by Gasteiger charge is -2.17. The Morgan fingerprint density at radius 1 is 1.10 bits per heavy atom. The molecule has 0 bridgehead atoms. The number of carboxylic acid groups (broad SMARTS) is 1. The van der Waals surface area contributed by atoms with Crippen LogP contribution >= 0.6 is 34.8 Å². The lowest BCUT2D eigenvalue weighted by Crippen LogP contribution is -2.33. The normalized spacial score (nSPS) is 14.3. The fraction of sp³-hybridized carbons (Fsp3) is 0.105. The number of aromatic amines is 1. The first kappa shape index (κ1) is 19.6. The number of rotatable bonds is 4. The summed E-state index contributed by atoms with van der Waals surface area (Å²) in [5.74, 6) is -1.66. The molecule has 0 atom stereocenters. The molecule has 7 nitrogen and oxygen atoms in total. The molecule has 3 aromatic rings. The molecule has 2 N–H and O–H groups in total. The van der Waals surface area contributed by atoms with Crippen molar-refractivity contribution in [3.05, 3.63) is 62.7 Å². The van der Waals surface area contributed by atoms with Crippen LogP contribution in [0.25, 0.3) is 10.9 Å². The van der Waals surface area contributed by atoms with E-state index >= 15 is 0 Å². The molecule has 0 unspecified atom stereocenters. The van der Waals surface area contributed by atoms with E-state index in [1.807, 2.05) is 0 Å². The average molecular weight is 453 g/mol. The molecule has 0 saturated carbocycles. The molecule has 1 aliphatic heterocycles. The summed E-state index contributed by atoms with van der Waals surface area (Å²) in [4.78, 5) is 42.1. The van der Waals surface area contributed by atoms with Crippen LogP contribution in [0.2, 0.25) is 15.1 Å². The largest absolute Gasteiger partial charge is 0.477 e. The highest BCUT2D eigenvalue weighted by Crippen LogP contribution is 2.34. The molecule has 0 spiro atoms. The van der Waals surface area contributed by atoms with Crippen LogP contribution in [-0.4, -0.2) is 39.4 Å². The van der Waals surface area contributed by atoms with E-state index in [9.17, 15) is 19.5 Å². The van der Waals surface area contributed by atoms with E-state index < -0.39 is 17.9 Å². The molecule has 10 heteroatoms. The molecule has 4 rings (SSSR count). The van der Waals surface area contributed by atoms with Crippen LogP contribution in [0.3, 0.4) is 0 Å². The van der Waals surface area contributed by atoms with E-state index in [0.717, 1.165) is 4.90 Å². The van der Waals surface area contributed by atoms with Crippen LogP contribution in [0.1, 0.15) is 16.1 Å². The second kappa shape index (κ2) is 7.26. The molecule has 3 amide bonds. The van der Waals surface area contributed by atoms with Gasteiger partial charge in [0, 0.05) is 26.5 Å². The standard InChI is InChI=1S/C19H12Cl3N3O4/c20-9-2-1-3-11(4-9)25-15(26)8-24(19(25)29)7-12-16-13(22)5-10(21)6-14(16)23-17(12)18(27)28/h1-6,23H,7-8H2,(H,27,28). The van der Waals surface area contributed by atoms with Gasteiger partial charge in [-0.15, -0.1) is 0 Å². The number of nitrogens with zero attached hydrogens (tertiary/aromatic N) is 2. The summed E-state index contributed by atoms with van der Waals surface area (Å²) >= 11 is 18.2. The lowest BCUT2D eigenvalue weighted by atomic mass is 10.1. The van der Waals surface area contributed by atoms with Gasteiger partial charge >= 0.3 is 12.0 Å². The monoisotopic (exact) mass is 451 g/mol. The first-order chi connectivity index (χ1) is 13.8. The number of hydrogen-bond acceptors (Lipinski definition) is 3. The topological polar surface area (TPSA) is 93.7 Å². The van der Waals surface area contributed by atoms with Crippen LogP contribution in [0.5, 0.6) is 0 Å². The quantitative estimate of drug-likeness (QED) is 0.556. The summed E-state index contributed by atoms with van der Waals surface area (Å²) in [5.41, 5.74) is 0.950. The second-order valence-corrected chi connectivity index (χ2v) is 7.72. The number of aromatic nitrogens is 1. The fourth-order valence-corrected chi connectivity index (χ4v) is 4.18. The van der Waals surface area contributed by atoms with E-state index in [2.05, 4.69) is 4.98 Å². The highest BCUT2D eigenvalue weighted by Gasteiger charge is 2.38. The van der Waals surface area contributed by atoms with Crippen molar-refractivity contribution in [2.75, 3.05) is 11.4 Å². The summed E-state index contributed by atoms with van der Waals surface area (Å²) in [6.07, 6.45) is 0. The number of benzene rings is 2. The van der Waals surface area contributed by atoms with E-state index in [1.165, 1.54) is 17.0 Å².